The van der Waals surface area contributed by atoms with Gasteiger partial charge in [0, 0.05) is 169 Å². The van der Waals surface area contributed by atoms with E-state index in [4.69, 9.17) is 46.9 Å². The number of ketones is 12. The highest BCUT2D eigenvalue weighted by molar-refractivity contribution is 7.09. The Balaban J connectivity index is 0.000000161. The number of nitrogens with zero attached hydrogens (tertiary/aromatic N) is 6. The molecule has 0 radical (unpaired) electrons. The normalized spacial score (nSPS) is 17.1. The highest BCUT2D eigenvalue weighted by Gasteiger charge is 2.44. The lowest BCUT2D eigenvalue weighted by molar-refractivity contribution is -0.124. The zero-order valence-corrected chi connectivity index (χ0v) is 80.3. The second kappa shape index (κ2) is 52.7. The number of aromatic nitrogens is 5. The summed E-state index contributed by atoms with van der Waals surface area (Å²) in [6, 6.07) is 33.8. The van der Waals surface area contributed by atoms with Crippen LogP contribution in [-0.2, 0) is 106 Å². The predicted molar refractivity (Wildman–Crippen MR) is 519 cm³/mol. The minimum atomic E-state index is -1.16. The van der Waals surface area contributed by atoms with Gasteiger partial charge in [0.05, 0.1) is 77.6 Å². The van der Waals surface area contributed by atoms with Gasteiger partial charge in [-0.15, -0.1) is 11.3 Å². The standard InChI is InChI=1S/2C17H19BN2O4.C17H18BNO4S.C16H18BNO6.C16H21BO6.C15H19BO5/c1-12(21)16-5-2-4-13-10-14(18(23)24-17(13)16)11-15(22)6-9-20-8-3-7-19-20;1-12(21)16-4-2-3-13-9-14(18(23)24-17(13)16)10-15(22)5-7-20-8-6-19-11-20;1-11(20)15-4-2-3-12-9-13(18(22)23-17(12)15)10-14(21)5-6-16-19-7-8-24-16;1-10(19)14-4-2-3-11-7-12(17(22)24-15(11)14)8-13(20)9-18-5-6-23-16(18)21;1-11(18)15-5-3-4-12-8-13(17(20)23-16(12)15)9-14(19)10-22-7-6-21-2;1-10(17)14-5-3-4-11-8-12(16(19)21-15(11)14)9-13(18)6-7-20-2/h2-5,7-8,14,23H,6,9-11H2,1H3;2-4,6,8,11,14,23H,5,7,9-10H2,1H3;2-4,7-8,13,22H,5-6,9-10H2,1H3;2-4,12,22H,5-9H2,1H3;3-5,13,20H,6-10H2,1-2H3;3-5,12,19H,6-9H2,1-2H3/t2*14-;13-;12-;13-;12-/m111111/s1. The zero-order chi connectivity index (χ0) is 101. The van der Waals surface area contributed by atoms with Gasteiger partial charge in [0.15, 0.2) is 46.3 Å². The van der Waals surface area contributed by atoms with E-state index in [0.717, 1.165) is 38.4 Å². The first-order valence-corrected chi connectivity index (χ1v) is 47.3. The van der Waals surface area contributed by atoms with Crippen LogP contribution in [0.4, 0.5) is 4.79 Å². The van der Waals surface area contributed by atoms with E-state index >= 15 is 0 Å². The topological polar surface area (TPSA) is 487 Å². The first-order valence-electron chi connectivity index (χ1n) is 46.4. The lowest BCUT2D eigenvalue weighted by Gasteiger charge is -2.28. The summed E-state index contributed by atoms with van der Waals surface area (Å²) < 4.78 is 56.4. The lowest BCUT2D eigenvalue weighted by atomic mass is 9.64. The number of ether oxygens (including phenoxy) is 4. The number of hydrogen-bond donors (Lipinski definition) is 6. The summed E-state index contributed by atoms with van der Waals surface area (Å²) >= 11 is 1.54. The van der Waals surface area contributed by atoms with Crippen molar-refractivity contribution in [3.05, 3.63) is 230 Å². The number of carbonyl (C=O) groups excluding carboxylic acids is 13. The van der Waals surface area contributed by atoms with E-state index in [-0.39, 0.29) is 150 Å². The van der Waals surface area contributed by atoms with Crippen LogP contribution in [0.2, 0.25) is 34.9 Å². The largest absolute Gasteiger partial charge is 0.535 e. The number of imidazole rings is 1. The molecule has 0 bridgehead atoms. The monoisotopic (exact) mass is 1940 g/mol. The Morgan fingerprint density at radius 1 is 0.400 bits per heavy atom. The molecule has 6 N–H and O–H groups in total. The van der Waals surface area contributed by atoms with Crippen molar-refractivity contribution in [1.29, 1.82) is 0 Å². The van der Waals surface area contributed by atoms with E-state index in [2.05, 4.69) is 15.1 Å². The van der Waals surface area contributed by atoms with Crippen LogP contribution in [0, 0.1) is 0 Å². The van der Waals surface area contributed by atoms with Crippen molar-refractivity contribution < 1.29 is 139 Å². The molecule has 0 saturated carbocycles. The third-order valence-corrected chi connectivity index (χ3v) is 25.4. The Labute approximate surface area is 816 Å². The van der Waals surface area contributed by atoms with Gasteiger partial charge in [-0.25, -0.2) is 14.8 Å². The molecule has 0 spiro atoms. The molecule has 734 valence electrons. The first-order chi connectivity index (χ1) is 67.1. The van der Waals surface area contributed by atoms with Crippen molar-refractivity contribution in [2.45, 2.75) is 199 Å². The maximum Gasteiger partial charge on any atom is 0.526 e. The molecular formula is C98H114B6N6O29S. The molecule has 9 aromatic rings. The van der Waals surface area contributed by atoms with E-state index in [1.54, 1.807) is 117 Å². The number of methoxy groups -OCH3 is 2. The van der Waals surface area contributed by atoms with Crippen LogP contribution in [0.15, 0.2) is 158 Å². The summed E-state index contributed by atoms with van der Waals surface area (Å²) in [4.78, 5) is 163. The molecular weight excluding hydrogens is 1820 g/mol. The number of cyclic esters (lactones) is 1. The molecule has 6 aromatic carbocycles. The fraction of sp³-hybridized carbons (Fsp3) is 0.408. The highest BCUT2D eigenvalue weighted by atomic mass is 32.1. The number of thiazole rings is 1. The summed E-state index contributed by atoms with van der Waals surface area (Å²) in [7, 11) is -3.44. The average molecular weight is 1940 g/mol. The van der Waals surface area contributed by atoms with Crippen molar-refractivity contribution >= 4 is 130 Å². The molecule has 1 amide bonds. The number of hydrogen-bond acceptors (Lipinski definition) is 33. The van der Waals surface area contributed by atoms with Crippen LogP contribution in [0.25, 0.3) is 0 Å². The highest BCUT2D eigenvalue weighted by Crippen LogP contribution is 2.44. The Morgan fingerprint density at radius 2 is 0.743 bits per heavy atom. The molecule has 7 aliphatic rings. The van der Waals surface area contributed by atoms with Gasteiger partial charge < -0.3 is 81.6 Å². The molecule has 3 aromatic heterocycles. The van der Waals surface area contributed by atoms with Crippen molar-refractivity contribution in [3.8, 4) is 34.5 Å². The number of fused-ring (bicyclic) bond motifs is 6. The lowest BCUT2D eigenvalue weighted by Crippen LogP contribution is -2.38. The molecule has 1 fully saturated rings. The molecule has 42 heteroatoms. The van der Waals surface area contributed by atoms with Crippen LogP contribution in [0.1, 0.15) is 206 Å². The summed E-state index contributed by atoms with van der Waals surface area (Å²) in [6.45, 7) is 11.7. The number of rotatable bonds is 37. The molecule has 140 heavy (non-hydrogen) atoms. The van der Waals surface area contributed by atoms with Crippen LogP contribution in [0.3, 0.4) is 0 Å². The SMILES string of the molecule is CC(=O)c1cccc2c1OB(O)[C@@H](CC(=O)CCc1nccs1)C2.CC(=O)c1cccc2c1OB(O)[C@@H](CC(=O)CCn1cccn1)C2.CC(=O)c1cccc2c1OB(O)[C@@H](CC(=O)CCn1ccnc1)C2.CC(=O)c1cccc2c1OB(O)[C@@H](CC(=O)CN1CCOC1=O)C2.COCCC(=O)C[C@H]1Cc2cccc(C(C)=O)c2OB1O.COCCOCC(=O)C[C@H]1Cc2cccc(C(C)=O)c2OB1O. The van der Waals surface area contributed by atoms with Crippen molar-refractivity contribution in [1.82, 2.24) is 29.2 Å². The second-order valence-corrected chi connectivity index (χ2v) is 36.2. The molecule has 16 rings (SSSR count). The predicted octanol–water partition coefficient (Wildman–Crippen LogP) is 10.6. The summed E-state index contributed by atoms with van der Waals surface area (Å²) in [6.07, 6.45) is 16.3. The van der Waals surface area contributed by atoms with E-state index < -0.39 is 54.6 Å². The Bertz CT molecular complexity index is 5550. The van der Waals surface area contributed by atoms with E-state index in [9.17, 15) is 92.5 Å². The Kier molecular flexibility index (Phi) is 40.6. The molecule has 6 atom stereocenters. The van der Waals surface area contributed by atoms with Gasteiger partial charge in [-0.3, -0.25) is 67.1 Å². The van der Waals surface area contributed by atoms with Crippen molar-refractivity contribution in [2.24, 2.45) is 0 Å². The minimum Gasteiger partial charge on any atom is -0.535 e. The number of carbonyl (C=O) groups is 13. The van der Waals surface area contributed by atoms with Gasteiger partial charge in [-0.05, 0) is 156 Å². The quantitative estimate of drug-likeness (QED) is 0.0120. The molecule has 0 unspecified atom stereocenters. The van der Waals surface area contributed by atoms with E-state index in [1.165, 1.54) is 57.8 Å². The van der Waals surface area contributed by atoms with Gasteiger partial charge in [0.2, 0.25) is 0 Å². The van der Waals surface area contributed by atoms with Crippen LogP contribution in [0.5, 0.6) is 34.5 Å². The first kappa shape index (κ1) is 108. The smallest absolute Gasteiger partial charge is 0.526 e. The average Bonchev–Trinajstić information content (AvgIpc) is 1.08. The maximum absolute atomic E-state index is 12.2. The number of amides is 1. The van der Waals surface area contributed by atoms with E-state index in [1.807, 2.05) is 64.8 Å². The Morgan fingerprint density at radius 3 is 1.05 bits per heavy atom. The molecule has 1 saturated heterocycles. The molecule has 35 nitrogen and oxygen atoms in total. The fourth-order valence-corrected chi connectivity index (χ4v) is 17.8. The number of para-hydroxylation sites is 6. The molecule has 10 heterocycles. The third kappa shape index (κ3) is 30.8. The second-order valence-electron chi connectivity index (χ2n) is 35.2. The zero-order valence-electron chi connectivity index (χ0n) is 79.5. The fourth-order valence-electron chi connectivity index (χ4n) is 17.2. The van der Waals surface area contributed by atoms with Crippen LogP contribution in [-0.4, -0.2) is 238 Å². The van der Waals surface area contributed by atoms with Crippen molar-refractivity contribution in [2.75, 3.05) is 60.3 Å². The maximum atomic E-state index is 12.2. The third-order valence-electron chi connectivity index (χ3n) is 24.5. The van der Waals surface area contributed by atoms with Gasteiger partial charge in [-0.1, -0.05) is 72.8 Å². The summed E-state index contributed by atoms with van der Waals surface area (Å²) in [5.41, 5.74) is 7.83. The van der Waals surface area contributed by atoms with Gasteiger partial charge in [-0.2, -0.15) is 5.10 Å². The summed E-state index contributed by atoms with van der Waals surface area (Å²) in [5.74, 6) is 0.000493. The Hall–Kier alpha value is -12.5. The van der Waals surface area contributed by atoms with Crippen molar-refractivity contribution in [3.63, 3.8) is 0 Å². The van der Waals surface area contributed by atoms with Gasteiger partial charge in [0.25, 0.3) is 0 Å². The number of benzene rings is 6. The molecule has 0 aliphatic carbocycles. The van der Waals surface area contributed by atoms with Gasteiger partial charge in [0.1, 0.15) is 70.8 Å². The van der Waals surface area contributed by atoms with Gasteiger partial charge >= 0.3 is 48.8 Å². The van der Waals surface area contributed by atoms with Crippen LogP contribution < -0.4 is 27.9 Å². The van der Waals surface area contributed by atoms with Crippen LogP contribution >= 0.6 is 11.3 Å². The number of aryl methyl sites for hydroxylation is 3. The summed E-state index contributed by atoms with van der Waals surface area (Å²) in [5, 5.41) is 68.0. The minimum absolute atomic E-state index is 0.00702. The molecule has 7 aliphatic heterocycles. The number of Topliss-reactive ketones (excluding diaryl/α,β-unsaturated/α-hetero) is 12. The van der Waals surface area contributed by atoms with E-state index in [0.29, 0.717) is 185 Å².